The first-order valence-electron chi connectivity index (χ1n) is 5.17. The van der Waals surface area contributed by atoms with Crippen LogP contribution in [0.25, 0.3) is 25.8 Å². The molecule has 21 heavy (non-hydrogen) atoms. The maximum absolute atomic E-state index is 12.0. The summed E-state index contributed by atoms with van der Waals surface area (Å²) in [7, 11) is 3.27. The second-order valence-electron chi connectivity index (χ2n) is 3.64. The molecule has 1 aliphatic rings. The minimum absolute atomic E-state index is 0.0505. The van der Waals surface area contributed by atoms with Gasteiger partial charge < -0.3 is 0 Å². The number of rotatable bonds is 3. The van der Waals surface area contributed by atoms with Crippen LogP contribution in [0.3, 0.4) is 0 Å². The minimum Gasteiger partial charge on any atom is -0.285 e. The summed E-state index contributed by atoms with van der Waals surface area (Å²) in [6.45, 7) is 0. The molecule has 1 aromatic carbocycles. The van der Waals surface area contributed by atoms with Crippen molar-refractivity contribution in [2.45, 2.75) is 0 Å². The first-order chi connectivity index (χ1) is 10.0. The quantitative estimate of drug-likeness (QED) is 0.276. The van der Waals surface area contributed by atoms with E-state index in [2.05, 4.69) is 20.1 Å². The lowest BCUT2D eigenvalue weighted by Crippen LogP contribution is -2.23. The highest BCUT2D eigenvalue weighted by atomic mass is 35.7. The van der Waals surface area contributed by atoms with Crippen LogP contribution >= 0.6 is 10.7 Å². The van der Waals surface area contributed by atoms with Crippen LogP contribution in [0.5, 0.6) is 0 Å². The fraction of sp³-hybridized carbons (Fsp3) is 0. The third-order valence-electron chi connectivity index (χ3n) is 2.61. The number of benzene rings is 1. The van der Waals surface area contributed by atoms with Gasteiger partial charge in [0.25, 0.3) is 0 Å². The predicted molar refractivity (Wildman–Crippen MR) is 74.6 cm³/mol. The second-order valence-corrected chi connectivity index (χ2v) is 5.33. The lowest BCUT2D eigenvalue weighted by Gasteiger charge is -2.18. The van der Waals surface area contributed by atoms with Crippen molar-refractivity contribution in [3.63, 3.8) is 0 Å². The Morgan fingerprint density at radius 2 is 1.76 bits per heavy atom. The number of halogens is 1. The molecule has 1 aliphatic carbocycles. The molecule has 0 fully saturated rings. The van der Waals surface area contributed by atoms with E-state index in [0.29, 0.717) is 0 Å². The third kappa shape index (κ3) is 2.39. The molecule has 104 valence electrons. The van der Waals surface area contributed by atoms with E-state index in [0.717, 1.165) is 0 Å². The van der Waals surface area contributed by atoms with Gasteiger partial charge in [-0.15, -0.1) is 0 Å². The number of fused-ring (bicyclic) bond motifs is 1. The second kappa shape index (κ2) is 5.78. The van der Waals surface area contributed by atoms with Gasteiger partial charge in [0.1, 0.15) is 15.7 Å². The van der Waals surface area contributed by atoms with Crippen LogP contribution in [0.15, 0.2) is 34.1 Å². The van der Waals surface area contributed by atoms with Gasteiger partial charge in [0.05, 0.1) is 4.91 Å². The number of nitrogens with zero attached hydrogens (tertiary/aromatic N) is 6. The lowest BCUT2D eigenvalue weighted by molar-refractivity contribution is -0.111. The molecule has 2 rings (SSSR count). The first-order valence-corrected chi connectivity index (χ1v) is 7.15. The number of azide groups is 2. The molecule has 9 nitrogen and oxygen atoms in total. The fourth-order valence-corrected chi connectivity index (χ4v) is 2.95. The summed E-state index contributed by atoms with van der Waals surface area (Å²) >= 11 is 0. The Morgan fingerprint density at radius 1 is 1.10 bits per heavy atom. The van der Waals surface area contributed by atoms with Crippen molar-refractivity contribution in [3.8, 4) is 0 Å². The summed E-state index contributed by atoms with van der Waals surface area (Å²) in [6.07, 6.45) is 0. The Bertz CT molecular complexity index is 835. The lowest BCUT2D eigenvalue weighted by atomic mass is 9.92. The van der Waals surface area contributed by atoms with E-state index in [1.54, 1.807) is 0 Å². The van der Waals surface area contributed by atoms with E-state index in [4.69, 9.17) is 21.7 Å². The van der Waals surface area contributed by atoms with Crippen LogP contribution in [-0.2, 0) is 14.8 Å². The number of carbonyl (C=O) groups excluding carboxylic acids is 2. The highest BCUT2D eigenvalue weighted by molar-refractivity contribution is 8.15. The highest BCUT2D eigenvalue weighted by Crippen LogP contribution is 2.39. The molecule has 0 spiro atoms. The number of allylic oxidation sites excluding steroid dienone is 1. The number of hydrogen-bond donors (Lipinski definition) is 0. The topological polar surface area (TPSA) is 149 Å². The summed E-state index contributed by atoms with van der Waals surface area (Å²) in [5.74, 6) is -2.09. The van der Waals surface area contributed by atoms with Crippen LogP contribution in [0, 0.1) is 0 Å². The number of carbonyl (C=O) groups is 2. The molecule has 0 saturated heterocycles. The zero-order valence-electron chi connectivity index (χ0n) is 9.93. The molecule has 0 bridgehead atoms. The largest absolute Gasteiger partial charge is 0.285 e. The van der Waals surface area contributed by atoms with Gasteiger partial charge in [-0.3, -0.25) is 9.59 Å². The van der Waals surface area contributed by atoms with Crippen molar-refractivity contribution in [1.29, 1.82) is 0 Å². The van der Waals surface area contributed by atoms with Gasteiger partial charge in [-0.2, -0.15) is 0 Å². The SMILES string of the molecule is [N-]=[N+]=NC1=C(S(=O)Cl)c2c(N=[N+]=[N-])cccc2C(=O)C1=O. The van der Waals surface area contributed by atoms with Gasteiger partial charge in [-0.25, -0.2) is 4.21 Å². The van der Waals surface area contributed by atoms with E-state index in [-0.39, 0.29) is 21.7 Å². The van der Waals surface area contributed by atoms with Crippen molar-refractivity contribution in [2.75, 3.05) is 0 Å². The van der Waals surface area contributed by atoms with Crippen molar-refractivity contribution in [1.82, 2.24) is 0 Å². The monoisotopic (exact) mass is 322 g/mol. The molecule has 11 heteroatoms. The van der Waals surface area contributed by atoms with Crippen molar-refractivity contribution in [3.05, 3.63) is 55.9 Å². The smallest absolute Gasteiger partial charge is 0.237 e. The molecular weight excluding hydrogens is 320 g/mol. The Morgan fingerprint density at radius 3 is 2.33 bits per heavy atom. The summed E-state index contributed by atoms with van der Waals surface area (Å²) < 4.78 is 11.7. The summed E-state index contributed by atoms with van der Waals surface area (Å²) in [4.78, 5) is 28.5. The van der Waals surface area contributed by atoms with Gasteiger partial charge in [-0.1, -0.05) is 28.4 Å². The average Bonchev–Trinajstić information content (AvgIpc) is 2.45. The first kappa shape index (κ1) is 14.8. The van der Waals surface area contributed by atoms with Gasteiger partial charge in [0.15, 0.2) is 0 Å². The van der Waals surface area contributed by atoms with Gasteiger partial charge in [0.2, 0.25) is 11.6 Å². The standard InChI is InChI=1S/C10H3ClN6O3S/c11-21(20)10-6-4(2-1-3-5(6)14-16-12)8(18)9(19)7(10)15-17-13/h1-3H. The molecule has 0 radical (unpaired) electrons. The zero-order chi connectivity index (χ0) is 15.6. The van der Waals surface area contributed by atoms with E-state index in [9.17, 15) is 13.8 Å². The van der Waals surface area contributed by atoms with Crippen LogP contribution in [0.4, 0.5) is 5.69 Å². The molecule has 0 amide bonds. The molecular formula is C10H3ClN6O3S. The normalized spacial score (nSPS) is 14.9. The van der Waals surface area contributed by atoms with Crippen molar-refractivity contribution >= 4 is 42.9 Å². The zero-order valence-corrected chi connectivity index (χ0v) is 11.5. The van der Waals surface area contributed by atoms with Crippen LogP contribution in [-0.4, -0.2) is 15.8 Å². The van der Waals surface area contributed by atoms with Crippen molar-refractivity contribution in [2.24, 2.45) is 10.2 Å². The van der Waals surface area contributed by atoms with E-state index >= 15 is 0 Å². The van der Waals surface area contributed by atoms with Crippen LogP contribution in [0.2, 0.25) is 0 Å². The van der Waals surface area contributed by atoms with E-state index in [1.807, 2.05) is 0 Å². The van der Waals surface area contributed by atoms with Gasteiger partial charge >= 0.3 is 0 Å². The molecule has 1 unspecified atom stereocenters. The van der Waals surface area contributed by atoms with Gasteiger partial charge in [0, 0.05) is 26.6 Å². The highest BCUT2D eigenvalue weighted by Gasteiger charge is 2.35. The number of Topliss-reactive ketones (excluding diaryl/α,β-unsaturated/α-hetero) is 2. The predicted octanol–water partition coefficient (Wildman–Crippen LogP) is 3.28. The summed E-state index contributed by atoms with van der Waals surface area (Å²) in [6, 6.07) is 4.03. The Balaban J connectivity index is 3.00. The Labute approximate surface area is 123 Å². The molecule has 0 N–H and O–H groups in total. The number of ketones is 2. The van der Waals surface area contributed by atoms with Crippen LogP contribution in [0.1, 0.15) is 15.9 Å². The van der Waals surface area contributed by atoms with Gasteiger partial charge in [-0.05, 0) is 21.7 Å². The molecule has 0 heterocycles. The minimum atomic E-state index is -2.26. The maximum Gasteiger partial charge on any atom is 0.237 e. The van der Waals surface area contributed by atoms with Crippen LogP contribution < -0.4 is 0 Å². The number of hydrogen-bond acceptors (Lipinski definition) is 5. The molecule has 1 atom stereocenters. The maximum atomic E-state index is 12.0. The molecule has 0 aromatic heterocycles. The Hall–Kier alpha value is -2.64. The molecule has 1 aromatic rings. The Kier molecular flexibility index (Phi) is 4.06. The molecule has 0 saturated carbocycles. The molecule has 0 aliphatic heterocycles. The third-order valence-corrected chi connectivity index (χ3v) is 3.79. The fourth-order valence-electron chi connectivity index (χ4n) is 1.84. The van der Waals surface area contributed by atoms with E-state index < -0.39 is 27.3 Å². The summed E-state index contributed by atoms with van der Waals surface area (Å²) in [5, 5.41) is 6.46. The van der Waals surface area contributed by atoms with Crippen molar-refractivity contribution < 1.29 is 13.8 Å². The summed E-state index contributed by atoms with van der Waals surface area (Å²) in [5.41, 5.74) is 16.1. The average molecular weight is 323 g/mol. The van der Waals surface area contributed by atoms with E-state index in [1.165, 1.54) is 18.2 Å².